The molecule has 0 radical (unpaired) electrons. The number of likely N-dealkylation sites (tertiary alicyclic amines) is 1. The summed E-state index contributed by atoms with van der Waals surface area (Å²) in [6, 6.07) is 7.51. The van der Waals surface area contributed by atoms with Crippen molar-refractivity contribution >= 4 is 21.7 Å². The smallest absolute Gasteiger partial charge is 0.162 e. The highest BCUT2D eigenvalue weighted by atomic mass is 79.9. The van der Waals surface area contributed by atoms with E-state index in [4.69, 9.17) is 0 Å². The van der Waals surface area contributed by atoms with Crippen molar-refractivity contribution in [3.8, 4) is 0 Å². The maximum atomic E-state index is 12.0. The van der Waals surface area contributed by atoms with Crippen LogP contribution in [0.1, 0.15) is 43.0 Å². The molecule has 1 fully saturated rings. The van der Waals surface area contributed by atoms with Gasteiger partial charge in [-0.15, -0.1) is 0 Å². The Morgan fingerprint density at radius 3 is 2.75 bits per heavy atom. The van der Waals surface area contributed by atoms with E-state index in [-0.39, 0.29) is 5.78 Å². The van der Waals surface area contributed by atoms with E-state index in [0.29, 0.717) is 6.42 Å². The number of carbonyl (C=O) groups is 1. The van der Waals surface area contributed by atoms with E-state index in [1.54, 1.807) is 0 Å². The summed E-state index contributed by atoms with van der Waals surface area (Å²) >= 11 is 3.37. The molecule has 1 unspecified atom stereocenters. The molecule has 1 aliphatic heterocycles. The first-order valence-corrected chi connectivity index (χ1v) is 7.99. The van der Waals surface area contributed by atoms with Gasteiger partial charge < -0.3 is 10.0 Å². The monoisotopic (exact) mass is 339 g/mol. The average molecular weight is 340 g/mol. The average Bonchev–Trinajstić information content (AvgIpc) is 2.38. The number of Topliss-reactive ketones (excluding diaryl/α,β-unsaturated/α-hetero) is 1. The van der Waals surface area contributed by atoms with Gasteiger partial charge in [-0.2, -0.15) is 0 Å². The lowest BCUT2D eigenvalue weighted by Gasteiger charge is -2.36. The summed E-state index contributed by atoms with van der Waals surface area (Å²) in [6.07, 6.45) is 3.33. The van der Waals surface area contributed by atoms with Crippen LogP contribution >= 0.6 is 15.9 Å². The Balaban J connectivity index is 1.75. The van der Waals surface area contributed by atoms with E-state index in [2.05, 4.69) is 20.8 Å². The van der Waals surface area contributed by atoms with Crippen molar-refractivity contribution in [2.75, 3.05) is 19.6 Å². The van der Waals surface area contributed by atoms with Gasteiger partial charge in [-0.1, -0.05) is 28.1 Å². The quantitative estimate of drug-likeness (QED) is 0.837. The van der Waals surface area contributed by atoms with Gasteiger partial charge in [-0.3, -0.25) is 4.79 Å². The molecular weight excluding hydrogens is 318 g/mol. The fraction of sp³-hybridized carbons (Fsp3) is 0.562. The van der Waals surface area contributed by atoms with E-state index < -0.39 is 5.60 Å². The minimum absolute atomic E-state index is 0.196. The maximum absolute atomic E-state index is 12.0. The lowest BCUT2D eigenvalue weighted by Crippen LogP contribution is -2.46. The number of nitrogens with zero attached hydrogens (tertiary/aromatic N) is 1. The number of halogens is 1. The largest absolute Gasteiger partial charge is 0.389 e. The normalized spacial score (nSPS) is 23.8. The van der Waals surface area contributed by atoms with E-state index in [0.717, 1.165) is 48.9 Å². The summed E-state index contributed by atoms with van der Waals surface area (Å²) in [7, 11) is 0. The Kier molecular flexibility index (Phi) is 5.35. The van der Waals surface area contributed by atoms with Crippen molar-refractivity contribution in [1.29, 1.82) is 0 Å². The number of carbonyl (C=O) groups excluding carboxylic acids is 1. The molecule has 1 aromatic rings. The number of hydrogen-bond acceptors (Lipinski definition) is 3. The Morgan fingerprint density at radius 2 is 2.10 bits per heavy atom. The SMILES string of the molecule is CC1(O)CCCN(CCCC(=O)c2ccc(Br)cc2)C1. The van der Waals surface area contributed by atoms with Crippen LogP contribution in [0.15, 0.2) is 28.7 Å². The molecule has 0 aliphatic carbocycles. The number of rotatable bonds is 5. The molecule has 3 nitrogen and oxygen atoms in total. The van der Waals surface area contributed by atoms with Crippen LogP contribution in [0.2, 0.25) is 0 Å². The molecule has 0 spiro atoms. The Bertz CT molecular complexity index is 456. The van der Waals surface area contributed by atoms with Crippen molar-refractivity contribution in [1.82, 2.24) is 4.90 Å². The topological polar surface area (TPSA) is 40.5 Å². The van der Waals surface area contributed by atoms with Gasteiger partial charge in [-0.25, -0.2) is 0 Å². The molecule has 1 N–H and O–H groups in total. The number of β-amino-alcohol motifs (C(OH)–C–C–N with tert-alkyl or cyclic N) is 1. The number of hydrogen-bond donors (Lipinski definition) is 1. The Morgan fingerprint density at radius 1 is 1.40 bits per heavy atom. The van der Waals surface area contributed by atoms with Crippen molar-refractivity contribution in [3.05, 3.63) is 34.3 Å². The number of piperidine rings is 1. The van der Waals surface area contributed by atoms with Gasteiger partial charge >= 0.3 is 0 Å². The van der Waals surface area contributed by atoms with Gasteiger partial charge in [0.1, 0.15) is 0 Å². The molecule has 20 heavy (non-hydrogen) atoms. The van der Waals surface area contributed by atoms with Gasteiger partial charge in [-0.05, 0) is 51.4 Å². The Labute approximate surface area is 129 Å². The molecule has 4 heteroatoms. The van der Waals surface area contributed by atoms with Crippen molar-refractivity contribution in [2.45, 2.75) is 38.2 Å². The fourth-order valence-electron chi connectivity index (χ4n) is 2.76. The second-order valence-corrected chi connectivity index (χ2v) is 6.83. The van der Waals surface area contributed by atoms with Crippen LogP contribution in [0.3, 0.4) is 0 Å². The van der Waals surface area contributed by atoms with Crippen LogP contribution in [-0.4, -0.2) is 41.0 Å². The number of aliphatic hydroxyl groups is 1. The zero-order valence-electron chi connectivity index (χ0n) is 11.9. The lowest BCUT2D eigenvalue weighted by atomic mass is 9.95. The predicted molar refractivity (Wildman–Crippen MR) is 84.0 cm³/mol. The first-order valence-electron chi connectivity index (χ1n) is 7.20. The minimum atomic E-state index is -0.562. The van der Waals surface area contributed by atoms with E-state index in [9.17, 15) is 9.90 Å². The minimum Gasteiger partial charge on any atom is -0.389 e. The van der Waals surface area contributed by atoms with Gasteiger partial charge in [0.25, 0.3) is 0 Å². The van der Waals surface area contributed by atoms with Crippen molar-refractivity contribution in [2.24, 2.45) is 0 Å². The van der Waals surface area contributed by atoms with E-state index in [1.165, 1.54) is 0 Å². The second-order valence-electron chi connectivity index (χ2n) is 5.91. The predicted octanol–water partition coefficient (Wildman–Crippen LogP) is 3.26. The maximum Gasteiger partial charge on any atom is 0.162 e. The van der Waals surface area contributed by atoms with E-state index >= 15 is 0 Å². The highest BCUT2D eigenvalue weighted by molar-refractivity contribution is 9.10. The summed E-state index contributed by atoms with van der Waals surface area (Å²) in [6.45, 7) is 4.53. The van der Waals surface area contributed by atoms with Crippen LogP contribution in [0, 0.1) is 0 Å². The first-order chi connectivity index (χ1) is 9.46. The van der Waals surface area contributed by atoms with Gasteiger partial charge in [0, 0.05) is 23.0 Å². The van der Waals surface area contributed by atoms with Gasteiger partial charge in [0.15, 0.2) is 5.78 Å². The first kappa shape index (κ1) is 15.7. The number of benzene rings is 1. The molecule has 2 rings (SSSR count). The molecule has 0 saturated carbocycles. The summed E-state index contributed by atoms with van der Waals surface area (Å²) in [5.74, 6) is 0.196. The zero-order chi connectivity index (χ0) is 14.6. The van der Waals surface area contributed by atoms with Crippen LogP contribution < -0.4 is 0 Å². The number of ketones is 1. The summed E-state index contributed by atoms with van der Waals surface area (Å²) < 4.78 is 0.990. The molecule has 1 aromatic carbocycles. The van der Waals surface area contributed by atoms with E-state index in [1.807, 2.05) is 31.2 Å². The Hall–Kier alpha value is -0.710. The third-order valence-electron chi connectivity index (χ3n) is 3.80. The standard InChI is InChI=1S/C16H22BrNO2/c1-16(20)9-3-11-18(12-16)10-2-4-15(19)13-5-7-14(17)8-6-13/h5-8,20H,2-4,9-12H2,1H3. The van der Waals surface area contributed by atoms with Gasteiger partial charge in [0.05, 0.1) is 5.60 Å². The molecule has 1 aliphatic rings. The van der Waals surface area contributed by atoms with Crippen LogP contribution in [0.5, 0.6) is 0 Å². The summed E-state index contributed by atoms with van der Waals surface area (Å²) in [4.78, 5) is 14.3. The summed E-state index contributed by atoms with van der Waals surface area (Å²) in [5.41, 5.74) is 0.215. The highest BCUT2D eigenvalue weighted by Gasteiger charge is 2.27. The molecule has 0 bridgehead atoms. The summed E-state index contributed by atoms with van der Waals surface area (Å²) in [5, 5.41) is 10.0. The zero-order valence-corrected chi connectivity index (χ0v) is 13.5. The van der Waals surface area contributed by atoms with Crippen LogP contribution in [-0.2, 0) is 0 Å². The van der Waals surface area contributed by atoms with Crippen molar-refractivity contribution in [3.63, 3.8) is 0 Å². The second kappa shape index (κ2) is 6.83. The lowest BCUT2D eigenvalue weighted by molar-refractivity contribution is -0.0156. The molecule has 1 atom stereocenters. The molecule has 0 aromatic heterocycles. The third kappa shape index (κ3) is 4.69. The van der Waals surface area contributed by atoms with Gasteiger partial charge in [0.2, 0.25) is 0 Å². The molecule has 1 heterocycles. The molecule has 110 valence electrons. The molecule has 1 saturated heterocycles. The molecular formula is C16H22BrNO2. The van der Waals surface area contributed by atoms with Crippen LogP contribution in [0.4, 0.5) is 0 Å². The van der Waals surface area contributed by atoms with Crippen molar-refractivity contribution < 1.29 is 9.90 Å². The third-order valence-corrected chi connectivity index (χ3v) is 4.33. The fourth-order valence-corrected chi connectivity index (χ4v) is 3.02. The van der Waals surface area contributed by atoms with Crippen LogP contribution in [0.25, 0.3) is 0 Å². The molecule has 0 amide bonds. The highest BCUT2D eigenvalue weighted by Crippen LogP contribution is 2.20.